The third-order valence-corrected chi connectivity index (χ3v) is 4.66. The molecule has 0 spiro atoms. The van der Waals surface area contributed by atoms with Gasteiger partial charge in [0.25, 0.3) is 0 Å². The summed E-state index contributed by atoms with van der Waals surface area (Å²) in [5.41, 5.74) is 3.85. The van der Waals surface area contributed by atoms with Gasteiger partial charge in [0, 0.05) is 6.92 Å². The topological polar surface area (TPSA) is 84.5 Å². The van der Waals surface area contributed by atoms with E-state index in [2.05, 4.69) is 10.6 Å². The number of benzene rings is 2. The molecule has 154 valence electrons. The molecule has 0 saturated heterocycles. The van der Waals surface area contributed by atoms with E-state index in [0.717, 1.165) is 22.3 Å². The minimum atomic E-state index is -0.508. The van der Waals surface area contributed by atoms with Gasteiger partial charge >= 0.3 is 5.97 Å². The smallest absolute Gasteiger partial charge is 0.307 e. The Morgan fingerprint density at radius 1 is 0.793 bits per heavy atom. The molecule has 2 aromatic rings. The van der Waals surface area contributed by atoms with Crippen LogP contribution in [0.1, 0.15) is 54.1 Å². The molecule has 0 aliphatic carbocycles. The van der Waals surface area contributed by atoms with Gasteiger partial charge in [-0.1, -0.05) is 59.7 Å². The minimum absolute atomic E-state index is 0.0284. The van der Waals surface area contributed by atoms with Crippen LogP contribution < -0.4 is 10.6 Å². The summed E-state index contributed by atoms with van der Waals surface area (Å²) >= 11 is 0. The van der Waals surface area contributed by atoms with Crippen molar-refractivity contribution in [3.8, 4) is 0 Å². The van der Waals surface area contributed by atoms with Crippen molar-refractivity contribution in [1.29, 1.82) is 0 Å². The number of aryl methyl sites for hydroxylation is 2. The van der Waals surface area contributed by atoms with Gasteiger partial charge in [-0.2, -0.15) is 0 Å². The van der Waals surface area contributed by atoms with Crippen molar-refractivity contribution < 1.29 is 19.1 Å². The van der Waals surface area contributed by atoms with Gasteiger partial charge in [0.15, 0.2) is 0 Å². The number of rotatable bonds is 8. The first-order valence-corrected chi connectivity index (χ1v) is 9.55. The standard InChI is InChI=1S/C23H28N2O4/c1-15-5-9-18(10-6-15)20(24-17(3)26)13-22(27)25-21(14-23(28)29-4)19-11-7-16(2)8-12-19/h5-12,20-21H,13-14H2,1-4H3,(H,24,26)(H,25,27)/t20-,21-/m1/s1. The molecular formula is C23H28N2O4. The SMILES string of the molecule is COC(=O)C[C@@H](NC(=O)C[C@@H](NC(C)=O)c1ccc(C)cc1)c1ccc(C)cc1. The third-order valence-electron chi connectivity index (χ3n) is 4.66. The molecule has 6 nitrogen and oxygen atoms in total. The first-order valence-electron chi connectivity index (χ1n) is 9.55. The third kappa shape index (κ3) is 7.07. The Labute approximate surface area is 171 Å². The van der Waals surface area contributed by atoms with Crippen LogP contribution in [0.15, 0.2) is 48.5 Å². The van der Waals surface area contributed by atoms with Crippen LogP contribution in [0.2, 0.25) is 0 Å². The highest BCUT2D eigenvalue weighted by molar-refractivity contribution is 5.80. The molecule has 2 rings (SSSR count). The van der Waals surface area contributed by atoms with Crippen molar-refractivity contribution in [2.24, 2.45) is 0 Å². The first kappa shape index (κ1) is 22.1. The predicted molar refractivity (Wildman–Crippen MR) is 111 cm³/mol. The number of hydrogen-bond acceptors (Lipinski definition) is 4. The van der Waals surface area contributed by atoms with Crippen molar-refractivity contribution in [3.63, 3.8) is 0 Å². The molecule has 0 radical (unpaired) electrons. The monoisotopic (exact) mass is 396 g/mol. The highest BCUT2D eigenvalue weighted by atomic mass is 16.5. The number of carbonyl (C=O) groups is 3. The van der Waals surface area contributed by atoms with Crippen LogP contribution in [0.3, 0.4) is 0 Å². The Morgan fingerprint density at radius 2 is 1.24 bits per heavy atom. The predicted octanol–water partition coefficient (Wildman–Crippen LogP) is 3.29. The van der Waals surface area contributed by atoms with Crippen LogP contribution in [0, 0.1) is 13.8 Å². The second kappa shape index (κ2) is 10.4. The molecule has 2 N–H and O–H groups in total. The van der Waals surface area contributed by atoms with E-state index in [4.69, 9.17) is 4.74 Å². The maximum absolute atomic E-state index is 12.8. The van der Waals surface area contributed by atoms with E-state index >= 15 is 0 Å². The summed E-state index contributed by atoms with van der Waals surface area (Å²) in [5, 5.41) is 5.74. The Bertz CT molecular complexity index is 844. The van der Waals surface area contributed by atoms with E-state index < -0.39 is 18.1 Å². The van der Waals surface area contributed by atoms with Crippen LogP contribution in [0.4, 0.5) is 0 Å². The summed E-state index contributed by atoms with van der Waals surface area (Å²) in [6, 6.07) is 14.3. The number of hydrogen-bond donors (Lipinski definition) is 2. The summed E-state index contributed by atoms with van der Waals surface area (Å²) < 4.78 is 4.77. The van der Waals surface area contributed by atoms with E-state index in [1.54, 1.807) is 0 Å². The molecule has 0 aliphatic heterocycles. The Morgan fingerprint density at radius 3 is 1.66 bits per heavy atom. The molecule has 2 atom stereocenters. The van der Waals surface area contributed by atoms with E-state index in [1.807, 2.05) is 62.4 Å². The molecule has 0 bridgehead atoms. The lowest BCUT2D eigenvalue weighted by atomic mass is 9.99. The molecule has 6 heteroatoms. The van der Waals surface area contributed by atoms with Gasteiger partial charge < -0.3 is 15.4 Å². The van der Waals surface area contributed by atoms with Crippen molar-refractivity contribution >= 4 is 17.8 Å². The van der Waals surface area contributed by atoms with Gasteiger partial charge in [-0.25, -0.2) is 0 Å². The number of amides is 2. The number of esters is 1. The minimum Gasteiger partial charge on any atom is -0.469 e. The van der Waals surface area contributed by atoms with Crippen molar-refractivity contribution in [2.75, 3.05) is 7.11 Å². The van der Waals surface area contributed by atoms with Crippen LogP contribution in [-0.2, 0) is 19.1 Å². The Balaban J connectivity index is 2.16. The lowest BCUT2D eigenvalue weighted by molar-refractivity contribution is -0.141. The lowest BCUT2D eigenvalue weighted by Gasteiger charge is -2.22. The molecule has 0 unspecified atom stereocenters. The van der Waals surface area contributed by atoms with Gasteiger partial charge in [0.05, 0.1) is 32.0 Å². The zero-order valence-corrected chi connectivity index (χ0v) is 17.3. The fourth-order valence-electron chi connectivity index (χ4n) is 3.04. The van der Waals surface area contributed by atoms with Gasteiger partial charge in [-0.05, 0) is 25.0 Å². The quantitative estimate of drug-likeness (QED) is 0.671. The molecule has 0 heterocycles. The number of nitrogens with one attached hydrogen (secondary N) is 2. The first-order chi connectivity index (χ1) is 13.8. The van der Waals surface area contributed by atoms with Crippen LogP contribution >= 0.6 is 0 Å². The van der Waals surface area contributed by atoms with E-state index in [0.29, 0.717) is 0 Å². The fourth-order valence-corrected chi connectivity index (χ4v) is 3.04. The summed E-state index contributed by atoms with van der Waals surface area (Å²) in [7, 11) is 1.32. The molecule has 2 amide bonds. The molecule has 0 aromatic heterocycles. The number of methoxy groups -OCH3 is 1. The Hall–Kier alpha value is -3.15. The van der Waals surface area contributed by atoms with E-state index in [1.165, 1.54) is 14.0 Å². The maximum atomic E-state index is 12.8. The molecule has 2 aromatic carbocycles. The molecule has 0 saturated carbocycles. The highest BCUT2D eigenvalue weighted by Crippen LogP contribution is 2.21. The average Bonchev–Trinajstić information content (AvgIpc) is 2.67. The van der Waals surface area contributed by atoms with Crippen molar-refractivity contribution in [2.45, 2.75) is 45.7 Å². The molecule has 29 heavy (non-hydrogen) atoms. The van der Waals surface area contributed by atoms with Gasteiger partial charge in [-0.15, -0.1) is 0 Å². The van der Waals surface area contributed by atoms with Gasteiger partial charge in [0.1, 0.15) is 0 Å². The lowest BCUT2D eigenvalue weighted by Crippen LogP contribution is -2.35. The summed E-state index contributed by atoms with van der Waals surface area (Å²) in [6.07, 6.45) is 0.0901. The van der Waals surface area contributed by atoms with Crippen LogP contribution in [0.5, 0.6) is 0 Å². The zero-order valence-electron chi connectivity index (χ0n) is 17.3. The molecule has 0 fully saturated rings. The van der Waals surface area contributed by atoms with Gasteiger partial charge in [-0.3, -0.25) is 14.4 Å². The second-order valence-corrected chi connectivity index (χ2v) is 7.18. The van der Waals surface area contributed by atoms with Crippen molar-refractivity contribution in [3.05, 3.63) is 70.8 Å². The fraction of sp³-hybridized carbons (Fsp3) is 0.348. The Kier molecular flexibility index (Phi) is 7.95. The number of ether oxygens (including phenoxy) is 1. The summed E-state index contributed by atoms with van der Waals surface area (Å²) in [4.78, 5) is 36.2. The molecular weight excluding hydrogens is 368 g/mol. The maximum Gasteiger partial charge on any atom is 0.307 e. The van der Waals surface area contributed by atoms with Crippen LogP contribution in [0.25, 0.3) is 0 Å². The highest BCUT2D eigenvalue weighted by Gasteiger charge is 2.22. The average molecular weight is 396 g/mol. The van der Waals surface area contributed by atoms with E-state index in [-0.39, 0.29) is 24.7 Å². The normalized spacial score (nSPS) is 12.6. The largest absolute Gasteiger partial charge is 0.469 e. The number of carbonyl (C=O) groups excluding carboxylic acids is 3. The van der Waals surface area contributed by atoms with E-state index in [9.17, 15) is 14.4 Å². The van der Waals surface area contributed by atoms with Crippen LogP contribution in [-0.4, -0.2) is 24.9 Å². The van der Waals surface area contributed by atoms with Gasteiger partial charge in [0.2, 0.25) is 11.8 Å². The summed E-state index contributed by atoms with van der Waals surface area (Å²) in [5.74, 6) is -0.889. The second-order valence-electron chi connectivity index (χ2n) is 7.18. The summed E-state index contributed by atoms with van der Waals surface area (Å²) in [6.45, 7) is 5.37. The molecule has 0 aliphatic rings. The van der Waals surface area contributed by atoms with Crippen molar-refractivity contribution in [1.82, 2.24) is 10.6 Å². The zero-order chi connectivity index (χ0) is 21.4.